The Balaban J connectivity index is 1.91. The monoisotopic (exact) mass is 437 g/mol. The van der Waals surface area contributed by atoms with Gasteiger partial charge >= 0.3 is 0 Å². The van der Waals surface area contributed by atoms with Crippen molar-refractivity contribution in [3.8, 4) is 21.7 Å². The molecule has 0 saturated carbocycles. The highest BCUT2D eigenvalue weighted by molar-refractivity contribution is 7.94. The van der Waals surface area contributed by atoms with Crippen molar-refractivity contribution in [2.24, 2.45) is 4.36 Å². The Morgan fingerprint density at radius 2 is 1.80 bits per heavy atom. The van der Waals surface area contributed by atoms with E-state index < -0.39 is 9.73 Å². The van der Waals surface area contributed by atoms with Crippen LogP contribution in [-0.4, -0.2) is 19.4 Å². The average molecular weight is 438 g/mol. The van der Waals surface area contributed by atoms with Crippen molar-refractivity contribution in [3.05, 3.63) is 84.3 Å². The quantitative estimate of drug-likeness (QED) is 0.354. The molecule has 0 amide bonds. The fourth-order valence-corrected chi connectivity index (χ4v) is 5.74. The van der Waals surface area contributed by atoms with Gasteiger partial charge in [0.1, 0.15) is 5.82 Å². The molecule has 7 heteroatoms. The summed E-state index contributed by atoms with van der Waals surface area (Å²) in [4.78, 5) is 10.4. The van der Waals surface area contributed by atoms with E-state index in [2.05, 4.69) is 9.97 Å². The van der Waals surface area contributed by atoms with Crippen LogP contribution in [0.15, 0.2) is 87.7 Å². The second kappa shape index (κ2) is 8.45. The molecule has 0 saturated heterocycles. The first-order chi connectivity index (χ1) is 14.5. The first kappa shape index (κ1) is 20.4. The normalized spacial score (nSPS) is 13.2. The van der Waals surface area contributed by atoms with Crippen molar-refractivity contribution in [1.82, 2.24) is 9.97 Å². The van der Waals surface area contributed by atoms with Gasteiger partial charge in [0, 0.05) is 27.5 Å². The smallest absolute Gasteiger partial charge is 0.170 e. The average Bonchev–Trinajstić information content (AvgIpc) is 3.24. The van der Waals surface area contributed by atoms with Gasteiger partial charge in [-0.3, -0.25) is 0 Å². The van der Waals surface area contributed by atoms with E-state index in [9.17, 15) is 8.60 Å². The molecule has 0 radical (unpaired) electrons. The van der Waals surface area contributed by atoms with E-state index in [1.54, 1.807) is 17.8 Å². The molecule has 4 nitrogen and oxygen atoms in total. The Hall–Kier alpha value is -2.90. The van der Waals surface area contributed by atoms with Crippen molar-refractivity contribution >= 4 is 26.9 Å². The Kier molecular flexibility index (Phi) is 5.74. The van der Waals surface area contributed by atoms with Gasteiger partial charge in [0.05, 0.1) is 25.8 Å². The number of aromatic nitrogens is 2. The summed E-state index contributed by atoms with van der Waals surface area (Å²) < 4.78 is 32.4. The predicted molar refractivity (Wildman–Crippen MR) is 121 cm³/mol. The van der Waals surface area contributed by atoms with Crippen molar-refractivity contribution in [2.75, 3.05) is 0 Å². The number of halogens is 1. The van der Waals surface area contributed by atoms with E-state index in [0.717, 1.165) is 10.4 Å². The number of hydrogen-bond acceptors (Lipinski definition) is 5. The van der Waals surface area contributed by atoms with Gasteiger partial charge in [0.15, 0.2) is 5.82 Å². The SMILES string of the molecule is CC(C)S(=O)(=Nc1ncccc1-c1scnc1-c1cccc(F)c1)c1ccccc1. The van der Waals surface area contributed by atoms with E-state index in [-0.39, 0.29) is 11.1 Å². The molecule has 0 aliphatic carbocycles. The van der Waals surface area contributed by atoms with Crippen LogP contribution in [-0.2, 0) is 9.73 Å². The lowest BCUT2D eigenvalue weighted by Gasteiger charge is -2.15. The number of pyridine rings is 1. The minimum atomic E-state index is -2.75. The molecule has 0 N–H and O–H groups in total. The van der Waals surface area contributed by atoms with Crippen molar-refractivity contribution in [1.29, 1.82) is 0 Å². The summed E-state index contributed by atoms with van der Waals surface area (Å²) in [6, 6.07) is 19.3. The lowest BCUT2D eigenvalue weighted by atomic mass is 10.1. The fourth-order valence-electron chi connectivity index (χ4n) is 3.10. The number of benzene rings is 2. The first-order valence-corrected chi connectivity index (χ1v) is 11.9. The highest BCUT2D eigenvalue weighted by atomic mass is 32.2. The largest absolute Gasteiger partial charge is 0.244 e. The van der Waals surface area contributed by atoms with Gasteiger partial charge in [-0.25, -0.2) is 18.6 Å². The third-order valence-corrected chi connectivity index (χ3v) is 8.17. The zero-order valence-electron chi connectivity index (χ0n) is 16.5. The van der Waals surface area contributed by atoms with Crippen LogP contribution in [0.1, 0.15) is 13.8 Å². The number of nitrogens with zero attached hydrogens (tertiary/aromatic N) is 3. The van der Waals surface area contributed by atoms with E-state index >= 15 is 0 Å². The molecular formula is C23H20FN3OS2. The van der Waals surface area contributed by atoms with Crippen LogP contribution in [0.2, 0.25) is 0 Å². The van der Waals surface area contributed by atoms with Gasteiger partial charge < -0.3 is 0 Å². The summed E-state index contributed by atoms with van der Waals surface area (Å²) in [7, 11) is -2.75. The first-order valence-electron chi connectivity index (χ1n) is 9.45. The Labute approximate surface area is 179 Å². The molecule has 1 atom stereocenters. The molecule has 2 aromatic carbocycles. The molecule has 0 spiro atoms. The van der Waals surface area contributed by atoms with Gasteiger partial charge in [0.2, 0.25) is 0 Å². The summed E-state index contributed by atoms with van der Waals surface area (Å²) in [6.45, 7) is 3.79. The lowest BCUT2D eigenvalue weighted by molar-refractivity contribution is 0.628. The van der Waals surface area contributed by atoms with E-state index in [1.807, 2.05) is 62.4 Å². The van der Waals surface area contributed by atoms with Gasteiger partial charge in [-0.1, -0.05) is 30.3 Å². The molecule has 0 fully saturated rings. The van der Waals surface area contributed by atoms with Crippen LogP contribution >= 0.6 is 11.3 Å². The zero-order valence-corrected chi connectivity index (χ0v) is 18.2. The standard InChI is InChI=1S/C23H20FN3OS2/c1-16(2)30(28,19-10-4-3-5-11-19)27-23-20(12-7-13-25-23)22-21(26-15-29-22)17-8-6-9-18(24)14-17/h3-16H,1-2H3. The van der Waals surface area contributed by atoms with Crippen LogP contribution in [0.25, 0.3) is 21.7 Å². The molecule has 2 aromatic heterocycles. The molecule has 30 heavy (non-hydrogen) atoms. The molecule has 0 bridgehead atoms. The maximum atomic E-state index is 13.9. The summed E-state index contributed by atoms with van der Waals surface area (Å²) in [5.41, 5.74) is 3.76. The highest BCUT2D eigenvalue weighted by Crippen LogP contribution is 2.39. The lowest BCUT2D eigenvalue weighted by Crippen LogP contribution is -2.13. The van der Waals surface area contributed by atoms with Gasteiger partial charge in [-0.15, -0.1) is 11.3 Å². The predicted octanol–water partition coefficient (Wildman–Crippen LogP) is 6.58. The number of thiazole rings is 1. The Morgan fingerprint density at radius 1 is 1.00 bits per heavy atom. The van der Waals surface area contributed by atoms with Crippen molar-refractivity contribution in [2.45, 2.75) is 24.0 Å². The maximum absolute atomic E-state index is 13.9. The minimum absolute atomic E-state index is 0.209. The van der Waals surface area contributed by atoms with Crippen LogP contribution in [0.5, 0.6) is 0 Å². The molecule has 0 aliphatic rings. The second-order valence-corrected chi connectivity index (χ2v) is 10.5. The fraction of sp³-hybridized carbons (Fsp3) is 0.130. The summed E-state index contributed by atoms with van der Waals surface area (Å²) in [5, 5.41) is -0.209. The topological polar surface area (TPSA) is 55.2 Å². The number of hydrogen-bond donors (Lipinski definition) is 0. The van der Waals surface area contributed by atoms with Gasteiger partial charge in [-0.05, 0) is 50.2 Å². The third kappa shape index (κ3) is 3.91. The molecule has 4 aromatic rings. The van der Waals surface area contributed by atoms with Crippen molar-refractivity contribution < 1.29 is 8.60 Å². The third-order valence-electron chi connectivity index (χ3n) is 4.64. The summed E-state index contributed by atoms with van der Waals surface area (Å²) in [6.07, 6.45) is 1.64. The Morgan fingerprint density at radius 3 is 2.53 bits per heavy atom. The highest BCUT2D eigenvalue weighted by Gasteiger charge is 2.21. The van der Waals surface area contributed by atoms with Gasteiger partial charge in [0.25, 0.3) is 0 Å². The molecular weight excluding hydrogens is 417 g/mol. The van der Waals surface area contributed by atoms with Crippen LogP contribution in [0.3, 0.4) is 0 Å². The summed E-state index contributed by atoms with van der Waals surface area (Å²) >= 11 is 1.42. The summed E-state index contributed by atoms with van der Waals surface area (Å²) in [5.74, 6) is 0.0661. The van der Waals surface area contributed by atoms with Crippen LogP contribution < -0.4 is 0 Å². The second-order valence-electron chi connectivity index (χ2n) is 6.94. The van der Waals surface area contributed by atoms with Crippen LogP contribution in [0.4, 0.5) is 10.2 Å². The zero-order chi connectivity index (χ0) is 21.1. The van der Waals surface area contributed by atoms with Gasteiger partial charge in [-0.2, -0.15) is 4.36 Å². The number of rotatable bonds is 5. The van der Waals surface area contributed by atoms with E-state index in [4.69, 9.17) is 4.36 Å². The van der Waals surface area contributed by atoms with E-state index in [0.29, 0.717) is 22.0 Å². The van der Waals surface area contributed by atoms with Crippen LogP contribution in [0, 0.1) is 5.82 Å². The molecule has 2 heterocycles. The molecule has 1 unspecified atom stereocenters. The van der Waals surface area contributed by atoms with E-state index in [1.165, 1.54) is 23.5 Å². The molecule has 0 aliphatic heterocycles. The minimum Gasteiger partial charge on any atom is -0.244 e. The molecule has 152 valence electrons. The molecule has 4 rings (SSSR count). The maximum Gasteiger partial charge on any atom is 0.170 e. The Bertz CT molecular complexity index is 1290. The van der Waals surface area contributed by atoms with Crippen molar-refractivity contribution in [3.63, 3.8) is 0 Å².